The van der Waals surface area contributed by atoms with Gasteiger partial charge in [-0.25, -0.2) is 0 Å². The lowest BCUT2D eigenvalue weighted by molar-refractivity contribution is -0.119. The van der Waals surface area contributed by atoms with Crippen LogP contribution in [0.15, 0.2) is 40.9 Å². The Labute approximate surface area is 126 Å². The molecule has 2 N–H and O–H groups in total. The molecule has 3 rings (SSSR count). The van der Waals surface area contributed by atoms with E-state index in [1.807, 2.05) is 24.3 Å². The molecule has 20 heavy (non-hydrogen) atoms. The molecule has 3 nitrogen and oxygen atoms in total. The summed E-state index contributed by atoms with van der Waals surface area (Å²) in [4.78, 5) is 11.8. The molecule has 1 aliphatic carbocycles. The number of rotatable bonds is 5. The molecule has 4 heteroatoms. The van der Waals surface area contributed by atoms with Crippen LogP contribution in [-0.4, -0.2) is 19.0 Å². The minimum absolute atomic E-state index is 0.0592. The highest BCUT2D eigenvalue weighted by atomic mass is 79.9. The number of nitrogens with one attached hydrogen (secondary N) is 2. The van der Waals surface area contributed by atoms with Crippen molar-refractivity contribution in [3.05, 3.63) is 40.9 Å². The van der Waals surface area contributed by atoms with Gasteiger partial charge in [-0.1, -0.05) is 40.2 Å². The number of benzene rings is 2. The molecule has 1 fully saturated rings. The van der Waals surface area contributed by atoms with Crippen LogP contribution >= 0.6 is 15.9 Å². The lowest BCUT2D eigenvalue weighted by Gasteiger charge is -2.11. The Morgan fingerprint density at radius 1 is 1.15 bits per heavy atom. The van der Waals surface area contributed by atoms with Gasteiger partial charge < -0.3 is 10.6 Å². The fourth-order valence-corrected chi connectivity index (χ4v) is 2.71. The fourth-order valence-electron chi connectivity index (χ4n) is 2.23. The van der Waals surface area contributed by atoms with Crippen molar-refractivity contribution in [1.82, 2.24) is 5.32 Å². The normalized spacial score (nSPS) is 14.2. The van der Waals surface area contributed by atoms with E-state index < -0.39 is 0 Å². The van der Waals surface area contributed by atoms with Crippen molar-refractivity contribution in [3.63, 3.8) is 0 Å². The maximum Gasteiger partial charge on any atom is 0.239 e. The predicted molar refractivity (Wildman–Crippen MR) is 85.9 cm³/mol. The first-order chi connectivity index (χ1) is 9.74. The minimum Gasteiger partial charge on any atom is -0.376 e. The number of carbonyl (C=O) groups excluding carboxylic acids is 1. The first-order valence-corrected chi connectivity index (χ1v) is 7.71. The van der Waals surface area contributed by atoms with Gasteiger partial charge in [-0.3, -0.25) is 4.79 Å². The number of hydrogen-bond acceptors (Lipinski definition) is 2. The van der Waals surface area contributed by atoms with E-state index in [9.17, 15) is 4.79 Å². The molecule has 2 aromatic carbocycles. The third kappa shape index (κ3) is 3.12. The second kappa shape index (κ2) is 5.83. The summed E-state index contributed by atoms with van der Waals surface area (Å²) in [5, 5.41) is 8.46. The Hall–Kier alpha value is -1.55. The molecule has 0 unspecified atom stereocenters. The van der Waals surface area contributed by atoms with Crippen LogP contribution in [0, 0.1) is 5.92 Å². The first kappa shape index (κ1) is 13.4. The van der Waals surface area contributed by atoms with Gasteiger partial charge in [-0.05, 0) is 36.3 Å². The van der Waals surface area contributed by atoms with Gasteiger partial charge in [0.2, 0.25) is 5.91 Å². The van der Waals surface area contributed by atoms with E-state index in [0.717, 1.165) is 27.5 Å². The van der Waals surface area contributed by atoms with Crippen LogP contribution in [0.1, 0.15) is 12.8 Å². The highest BCUT2D eigenvalue weighted by molar-refractivity contribution is 9.10. The van der Waals surface area contributed by atoms with Gasteiger partial charge in [0.1, 0.15) is 0 Å². The zero-order valence-corrected chi connectivity index (χ0v) is 12.7. The molecule has 0 aliphatic heterocycles. The Morgan fingerprint density at radius 2 is 1.90 bits per heavy atom. The number of anilines is 1. The van der Waals surface area contributed by atoms with Crippen molar-refractivity contribution in [1.29, 1.82) is 0 Å². The topological polar surface area (TPSA) is 41.1 Å². The molecule has 0 aromatic heterocycles. The highest BCUT2D eigenvalue weighted by Gasteiger charge is 2.21. The van der Waals surface area contributed by atoms with E-state index in [4.69, 9.17) is 0 Å². The zero-order chi connectivity index (χ0) is 13.9. The van der Waals surface area contributed by atoms with E-state index in [1.165, 1.54) is 12.8 Å². The van der Waals surface area contributed by atoms with Crippen molar-refractivity contribution in [3.8, 4) is 0 Å². The van der Waals surface area contributed by atoms with Crippen molar-refractivity contribution >= 4 is 38.3 Å². The summed E-state index contributed by atoms with van der Waals surface area (Å²) in [6, 6.07) is 12.2. The lowest BCUT2D eigenvalue weighted by Crippen LogP contribution is -2.31. The van der Waals surface area contributed by atoms with Crippen LogP contribution in [0.2, 0.25) is 0 Å². The van der Waals surface area contributed by atoms with E-state index in [-0.39, 0.29) is 5.91 Å². The molecule has 0 radical (unpaired) electrons. The number of amides is 1. The fraction of sp³-hybridized carbons (Fsp3) is 0.312. The Balaban J connectivity index is 1.67. The molecule has 0 spiro atoms. The largest absolute Gasteiger partial charge is 0.376 e. The second-order valence-electron chi connectivity index (χ2n) is 5.24. The van der Waals surface area contributed by atoms with E-state index in [2.05, 4.69) is 38.7 Å². The Kier molecular flexibility index (Phi) is 3.92. The maximum absolute atomic E-state index is 11.8. The summed E-state index contributed by atoms with van der Waals surface area (Å²) in [7, 11) is 0. The summed E-state index contributed by atoms with van der Waals surface area (Å²) in [5.74, 6) is 0.774. The van der Waals surface area contributed by atoms with Crippen LogP contribution in [-0.2, 0) is 4.79 Å². The monoisotopic (exact) mass is 332 g/mol. The van der Waals surface area contributed by atoms with Gasteiger partial charge in [0, 0.05) is 22.1 Å². The summed E-state index contributed by atoms with van der Waals surface area (Å²) < 4.78 is 1.07. The molecule has 0 bridgehead atoms. The van der Waals surface area contributed by atoms with Gasteiger partial charge in [0.25, 0.3) is 0 Å². The third-order valence-corrected chi connectivity index (χ3v) is 4.29. The molecule has 1 aliphatic rings. The molecule has 0 atom stereocenters. The van der Waals surface area contributed by atoms with Crippen LogP contribution in [0.4, 0.5) is 5.69 Å². The number of fused-ring (bicyclic) bond motifs is 1. The molecule has 0 saturated heterocycles. The average Bonchev–Trinajstić information content (AvgIpc) is 3.29. The van der Waals surface area contributed by atoms with Gasteiger partial charge in [0.15, 0.2) is 0 Å². The maximum atomic E-state index is 11.8. The summed E-state index contributed by atoms with van der Waals surface area (Å²) in [6.45, 7) is 1.14. The molecule has 1 saturated carbocycles. The van der Waals surface area contributed by atoms with Crippen LogP contribution in [0.5, 0.6) is 0 Å². The Bertz CT molecular complexity index is 637. The van der Waals surface area contributed by atoms with Gasteiger partial charge in [0.05, 0.1) is 6.54 Å². The van der Waals surface area contributed by atoms with Crippen LogP contribution < -0.4 is 10.6 Å². The van der Waals surface area contributed by atoms with E-state index in [0.29, 0.717) is 12.5 Å². The number of carbonyl (C=O) groups is 1. The Morgan fingerprint density at radius 3 is 2.65 bits per heavy atom. The predicted octanol–water partition coefficient (Wildman–Crippen LogP) is 3.54. The molecule has 2 aromatic rings. The van der Waals surface area contributed by atoms with E-state index >= 15 is 0 Å². The minimum atomic E-state index is 0.0592. The van der Waals surface area contributed by atoms with Crippen LogP contribution in [0.3, 0.4) is 0 Å². The molecule has 0 heterocycles. The van der Waals surface area contributed by atoms with Crippen molar-refractivity contribution in [2.24, 2.45) is 5.92 Å². The lowest BCUT2D eigenvalue weighted by atomic mass is 10.1. The quantitative estimate of drug-likeness (QED) is 0.879. The summed E-state index contributed by atoms with van der Waals surface area (Å²) >= 11 is 3.55. The number of halogens is 1. The smallest absolute Gasteiger partial charge is 0.239 e. The molecular formula is C16H17BrN2O. The highest BCUT2D eigenvalue weighted by Crippen LogP contribution is 2.30. The zero-order valence-electron chi connectivity index (χ0n) is 11.2. The van der Waals surface area contributed by atoms with Crippen molar-refractivity contribution < 1.29 is 4.79 Å². The first-order valence-electron chi connectivity index (χ1n) is 6.92. The van der Waals surface area contributed by atoms with Gasteiger partial charge in [-0.15, -0.1) is 0 Å². The average molecular weight is 333 g/mol. The van der Waals surface area contributed by atoms with E-state index in [1.54, 1.807) is 0 Å². The standard InChI is InChI=1S/C16H17BrN2O/c17-14-7-8-15(13-4-2-1-3-12(13)14)18-10-16(20)19-9-11-5-6-11/h1-4,7-8,11,18H,5-6,9-10H2,(H,19,20). The summed E-state index contributed by atoms with van der Waals surface area (Å²) in [5.41, 5.74) is 0.991. The number of hydrogen-bond donors (Lipinski definition) is 2. The SMILES string of the molecule is O=C(CNc1ccc(Br)c2ccccc12)NCC1CC1. The molecule has 1 amide bonds. The molecular weight excluding hydrogens is 316 g/mol. The molecule has 104 valence electrons. The van der Waals surface area contributed by atoms with Gasteiger partial charge in [-0.2, -0.15) is 0 Å². The van der Waals surface area contributed by atoms with Crippen molar-refractivity contribution in [2.75, 3.05) is 18.4 Å². The van der Waals surface area contributed by atoms with Crippen molar-refractivity contribution in [2.45, 2.75) is 12.8 Å². The van der Waals surface area contributed by atoms with Crippen LogP contribution in [0.25, 0.3) is 10.8 Å². The second-order valence-corrected chi connectivity index (χ2v) is 6.10. The summed E-state index contributed by atoms with van der Waals surface area (Å²) in [6.07, 6.45) is 2.51. The van der Waals surface area contributed by atoms with Gasteiger partial charge >= 0.3 is 0 Å². The third-order valence-electron chi connectivity index (χ3n) is 3.60.